The summed E-state index contributed by atoms with van der Waals surface area (Å²) in [5.41, 5.74) is 4.02. The summed E-state index contributed by atoms with van der Waals surface area (Å²) in [7, 11) is 0. The third-order valence-electron chi connectivity index (χ3n) is 4.01. The van der Waals surface area contributed by atoms with Gasteiger partial charge in [-0.25, -0.2) is 4.79 Å². The Balaban J connectivity index is 1.51. The summed E-state index contributed by atoms with van der Waals surface area (Å²) >= 11 is 0. The first-order chi connectivity index (χ1) is 11.6. The zero-order chi connectivity index (χ0) is 16.9. The number of hydrogen-bond donors (Lipinski definition) is 2. The van der Waals surface area contributed by atoms with Crippen LogP contribution in [0.2, 0.25) is 0 Å². The molecule has 5 heteroatoms. The molecule has 1 heterocycles. The lowest BCUT2D eigenvalue weighted by Gasteiger charge is -2.10. The monoisotopic (exact) mass is 324 g/mol. The fourth-order valence-corrected chi connectivity index (χ4v) is 2.59. The van der Waals surface area contributed by atoms with Gasteiger partial charge in [0.2, 0.25) is 5.91 Å². The molecule has 0 saturated carbocycles. The van der Waals surface area contributed by atoms with Crippen molar-refractivity contribution < 1.29 is 14.3 Å². The van der Waals surface area contributed by atoms with Crippen LogP contribution in [0.4, 0.5) is 10.5 Å². The normalized spacial score (nSPS) is 16.4. The molecular weight excluding hydrogens is 304 g/mol. The molecule has 1 aliphatic rings. The van der Waals surface area contributed by atoms with E-state index in [9.17, 15) is 9.59 Å². The average molecular weight is 324 g/mol. The smallest absolute Gasteiger partial charge is 0.407 e. The molecule has 24 heavy (non-hydrogen) atoms. The van der Waals surface area contributed by atoms with Crippen molar-refractivity contribution in [3.8, 4) is 0 Å². The molecule has 0 bridgehead atoms. The number of carbonyl (C=O) groups excluding carboxylic acids is 2. The summed E-state index contributed by atoms with van der Waals surface area (Å²) < 4.78 is 5.13. The Labute approximate surface area is 141 Å². The summed E-state index contributed by atoms with van der Waals surface area (Å²) in [6.45, 7) is 2.52. The Morgan fingerprint density at radius 2 is 1.88 bits per heavy atom. The second-order valence-corrected chi connectivity index (χ2v) is 5.93. The predicted octanol–water partition coefficient (Wildman–Crippen LogP) is 3.35. The molecule has 1 atom stereocenters. The van der Waals surface area contributed by atoms with Gasteiger partial charge in [0.05, 0.1) is 6.54 Å². The largest absolute Gasteiger partial charge is 0.439 e. The standard InChI is InChI=1S/C19H20N2O3/c1-13-2-4-14(5-3-13)6-11-18(22)21-16-9-7-15(8-10-16)17-12-20-19(23)24-17/h2-5,7-10,17H,6,11-12H2,1H3,(H,20,23)(H,21,22). The van der Waals surface area contributed by atoms with Crippen molar-refractivity contribution >= 4 is 17.7 Å². The van der Waals surface area contributed by atoms with Crippen LogP contribution in [0.25, 0.3) is 0 Å². The van der Waals surface area contributed by atoms with E-state index < -0.39 is 6.09 Å². The van der Waals surface area contributed by atoms with Crippen LogP contribution in [0.15, 0.2) is 48.5 Å². The highest BCUT2D eigenvalue weighted by Gasteiger charge is 2.23. The van der Waals surface area contributed by atoms with Gasteiger partial charge >= 0.3 is 6.09 Å². The summed E-state index contributed by atoms with van der Waals surface area (Å²) in [6.07, 6.45) is 0.500. The fourth-order valence-electron chi connectivity index (χ4n) is 2.59. The van der Waals surface area contributed by atoms with Gasteiger partial charge in [0, 0.05) is 12.1 Å². The van der Waals surface area contributed by atoms with Crippen molar-refractivity contribution in [1.29, 1.82) is 0 Å². The Bertz CT molecular complexity index is 723. The van der Waals surface area contributed by atoms with Crippen LogP contribution in [0.1, 0.15) is 29.2 Å². The number of ether oxygens (including phenoxy) is 1. The second kappa shape index (κ2) is 7.17. The zero-order valence-corrected chi connectivity index (χ0v) is 13.5. The molecule has 1 saturated heterocycles. The molecule has 1 aliphatic heterocycles. The fraction of sp³-hybridized carbons (Fsp3) is 0.263. The first-order valence-electron chi connectivity index (χ1n) is 8.00. The minimum absolute atomic E-state index is 0.0164. The Morgan fingerprint density at radius 1 is 1.17 bits per heavy atom. The molecule has 2 aromatic carbocycles. The number of carbonyl (C=O) groups is 2. The van der Waals surface area contributed by atoms with Gasteiger partial charge in [0.15, 0.2) is 0 Å². The Kier molecular flexibility index (Phi) is 4.79. The molecule has 124 valence electrons. The molecule has 0 aromatic heterocycles. The van der Waals surface area contributed by atoms with Gasteiger partial charge in [-0.3, -0.25) is 4.79 Å². The maximum atomic E-state index is 12.0. The van der Waals surface area contributed by atoms with Crippen LogP contribution >= 0.6 is 0 Å². The Hall–Kier alpha value is -2.82. The van der Waals surface area contributed by atoms with Crippen LogP contribution < -0.4 is 10.6 Å². The summed E-state index contributed by atoms with van der Waals surface area (Å²) in [4.78, 5) is 23.1. The third-order valence-corrected chi connectivity index (χ3v) is 4.01. The molecule has 3 rings (SSSR count). The van der Waals surface area contributed by atoms with Gasteiger partial charge in [-0.1, -0.05) is 42.0 Å². The van der Waals surface area contributed by atoms with Crippen LogP contribution in [0.5, 0.6) is 0 Å². The van der Waals surface area contributed by atoms with Gasteiger partial charge in [-0.05, 0) is 36.6 Å². The number of aryl methyl sites for hydroxylation is 2. The van der Waals surface area contributed by atoms with Crippen LogP contribution in [-0.4, -0.2) is 18.5 Å². The van der Waals surface area contributed by atoms with Crippen LogP contribution in [0.3, 0.4) is 0 Å². The van der Waals surface area contributed by atoms with E-state index in [2.05, 4.69) is 22.8 Å². The van der Waals surface area contributed by atoms with Crippen molar-refractivity contribution in [2.45, 2.75) is 25.9 Å². The van der Waals surface area contributed by atoms with E-state index in [-0.39, 0.29) is 12.0 Å². The molecule has 0 radical (unpaired) electrons. The molecule has 1 fully saturated rings. The van der Waals surface area contributed by atoms with Crippen molar-refractivity contribution in [3.05, 3.63) is 65.2 Å². The van der Waals surface area contributed by atoms with Crippen LogP contribution in [-0.2, 0) is 16.0 Å². The van der Waals surface area contributed by atoms with Crippen molar-refractivity contribution in [2.24, 2.45) is 0 Å². The van der Waals surface area contributed by atoms with E-state index in [0.717, 1.165) is 16.8 Å². The van der Waals surface area contributed by atoms with Crippen LogP contribution in [0, 0.1) is 6.92 Å². The summed E-state index contributed by atoms with van der Waals surface area (Å²) in [5, 5.41) is 5.51. The maximum absolute atomic E-state index is 12.0. The van der Waals surface area contributed by atoms with E-state index >= 15 is 0 Å². The highest BCUT2D eigenvalue weighted by Crippen LogP contribution is 2.22. The molecule has 2 amide bonds. The first-order valence-corrected chi connectivity index (χ1v) is 8.00. The van der Waals surface area contributed by atoms with Crippen molar-refractivity contribution in [1.82, 2.24) is 5.32 Å². The highest BCUT2D eigenvalue weighted by atomic mass is 16.6. The minimum Gasteiger partial charge on any atom is -0.439 e. The van der Waals surface area contributed by atoms with Gasteiger partial charge in [-0.15, -0.1) is 0 Å². The minimum atomic E-state index is -0.395. The lowest BCUT2D eigenvalue weighted by atomic mass is 10.1. The summed E-state index contributed by atoms with van der Waals surface area (Å²) in [5.74, 6) is -0.0164. The molecule has 2 N–H and O–H groups in total. The number of amides is 2. The second-order valence-electron chi connectivity index (χ2n) is 5.93. The van der Waals surface area contributed by atoms with Crippen molar-refractivity contribution in [2.75, 3.05) is 11.9 Å². The molecule has 1 unspecified atom stereocenters. The molecule has 0 spiro atoms. The van der Waals surface area contributed by atoms with Gasteiger partial charge in [0.1, 0.15) is 6.10 Å². The number of benzene rings is 2. The number of rotatable bonds is 5. The first kappa shape index (κ1) is 16.1. The zero-order valence-electron chi connectivity index (χ0n) is 13.5. The van der Waals surface area contributed by atoms with E-state index in [0.29, 0.717) is 19.4 Å². The topological polar surface area (TPSA) is 67.4 Å². The predicted molar refractivity (Wildman–Crippen MR) is 91.8 cm³/mol. The SMILES string of the molecule is Cc1ccc(CCC(=O)Nc2ccc(C3CNC(=O)O3)cc2)cc1. The molecule has 2 aromatic rings. The van der Waals surface area contributed by atoms with E-state index in [1.54, 1.807) is 0 Å². The summed E-state index contributed by atoms with van der Waals surface area (Å²) in [6, 6.07) is 15.6. The Morgan fingerprint density at radius 3 is 2.50 bits per heavy atom. The van der Waals surface area contributed by atoms with Crippen molar-refractivity contribution in [3.63, 3.8) is 0 Å². The number of nitrogens with one attached hydrogen (secondary N) is 2. The molecule has 5 nitrogen and oxygen atoms in total. The molecule has 0 aliphatic carbocycles. The van der Waals surface area contributed by atoms with Gasteiger partial charge < -0.3 is 15.4 Å². The molecular formula is C19H20N2O3. The van der Waals surface area contributed by atoms with Gasteiger partial charge in [0.25, 0.3) is 0 Å². The number of alkyl carbamates (subject to hydrolysis) is 1. The number of cyclic esters (lactones) is 1. The quantitative estimate of drug-likeness (QED) is 0.886. The van der Waals surface area contributed by atoms with E-state index in [1.165, 1.54) is 5.56 Å². The van der Waals surface area contributed by atoms with E-state index in [1.807, 2.05) is 43.3 Å². The highest BCUT2D eigenvalue weighted by molar-refractivity contribution is 5.90. The van der Waals surface area contributed by atoms with E-state index in [4.69, 9.17) is 4.74 Å². The average Bonchev–Trinajstić information content (AvgIpc) is 3.01. The maximum Gasteiger partial charge on any atom is 0.407 e. The number of anilines is 1. The lowest BCUT2D eigenvalue weighted by molar-refractivity contribution is -0.116. The number of hydrogen-bond acceptors (Lipinski definition) is 3. The van der Waals surface area contributed by atoms with Gasteiger partial charge in [-0.2, -0.15) is 0 Å². The third kappa shape index (κ3) is 4.13. The lowest BCUT2D eigenvalue weighted by Crippen LogP contribution is -2.13.